The molecule has 0 aliphatic carbocycles. The number of ether oxygens (including phenoxy) is 17. The first-order chi connectivity index (χ1) is 62.2. The highest BCUT2D eigenvalue weighted by Gasteiger charge is 2.63. The number of aliphatic hydroxyl groups is 9. The number of aliphatic hydroxyl groups excluding tert-OH is 9. The van der Waals surface area contributed by atoms with Crippen LogP contribution in [-0.4, -0.2) is 424 Å². The molecule has 21 heterocycles. The Kier molecular flexibility index (Phi) is 37.2. The lowest BCUT2D eigenvalue weighted by atomic mass is 9.95. The van der Waals surface area contributed by atoms with Gasteiger partial charge in [0.1, 0.15) is 165 Å². The van der Waals surface area contributed by atoms with E-state index in [9.17, 15) is 163 Å². The lowest BCUT2D eigenvalue weighted by Gasteiger charge is -2.51. The van der Waals surface area contributed by atoms with E-state index in [-0.39, 0.29) is 16.7 Å². The average molecular weight is 2130 g/mol. The summed E-state index contributed by atoms with van der Waals surface area (Å²) in [6, 6.07) is 21.2. The van der Waals surface area contributed by atoms with Gasteiger partial charge in [-0.3, -0.25) is 41.0 Å². The highest BCUT2D eigenvalue weighted by molar-refractivity contribution is 7.82. The second-order valence-corrected chi connectivity index (χ2v) is 39.4. The zero-order valence-electron chi connectivity index (χ0n) is 67.1. The zero-order chi connectivity index (χ0) is 98.5. The molecule has 21 aliphatic heterocycles. The van der Waals surface area contributed by atoms with E-state index in [1.165, 1.54) is 91.0 Å². The molecular formula is C63H88O62S9. The molecule has 21 aliphatic rings. The molecule has 21 saturated heterocycles. The molecule has 3 aromatic rings. The van der Waals surface area contributed by atoms with E-state index in [0.29, 0.717) is 0 Å². The number of hydrogen-bond donors (Lipinski definition) is 18. The van der Waals surface area contributed by atoms with Gasteiger partial charge in [0, 0.05) is 0 Å². The molecule has 0 spiro atoms. The molecule has 62 nitrogen and oxygen atoms in total. The van der Waals surface area contributed by atoms with Crippen molar-refractivity contribution in [2.75, 3.05) is 46.2 Å². The van der Waals surface area contributed by atoms with Crippen molar-refractivity contribution in [1.29, 1.82) is 0 Å². The molecule has 0 amide bonds. The summed E-state index contributed by atoms with van der Waals surface area (Å²) in [5.41, 5.74) is 0.408. The molecule has 24 rings (SSSR count). The van der Waals surface area contributed by atoms with Gasteiger partial charge in [-0.25, -0.2) is 37.6 Å². The molecule has 0 aromatic heterocycles. The van der Waals surface area contributed by atoms with Gasteiger partial charge >= 0.3 is 93.6 Å². The van der Waals surface area contributed by atoms with Crippen LogP contribution < -0.4 is 0 Å². The summed E-state index contributed by atoms with van der Waals surface area (Å²) in [6.07, 6.45) is -97.5. The third-order valence-corrected chi connectivity index (χ3v) is 24.4. The lowest BCUT2D eigenvalue weighted by molar-refractivity contribution is -0.400. The van der Waals surface area contributed by atoms with Crippen LogP contribution in [0.15, 0.2) is 91.0 Å². The van der Waals surface area contributed by atoms with Crippen LogP contribution in [0.2, 0.25) is 0 Å². The first kappa shape index (κ1) is 110. The van der Waals surface area contributed by atoms with Crippen molar-refractivity contribution in [3.8, 4) is 0 Å². The molecule has 0 saturated carbocycles. The van der Waals surface area contributed by atoms with E-state index in [4.69, 9.17) is 93.1 Å². The molecule has 18 N–H and O–H groups in total. The Bertz CT molecular complexity index is 5420. The summed E-state index contributed by atoms with van der Waals surface area (Å²) >= 11 is 0. The summed E-state index contributed by atoms with van der Waals surface area (Å²) < 4.78 is 463. The summed E-state index contributed by atoms with van der Waals surface area (Å²) in [5, 5.41) is 111. The third kappa shape index (κ3) is 31.5. The van der Waals surface area contributed by atoms with Crippen LogP contribution in [0.25, 0.3) is 0 Å². The molecule has 134 heavy (non-hydrogen) atoms. The van der Waals surface area contributed by atoms with Crippen molar-refractivity contribution in [3.63, 3.8) is 0 Å². The van der Waals surface area contributed by atoms with Crippen LogP contribution in [0.1, 0.15) is 16.7 Å². The molecule has 16 unspecified atom stereocenters. The van der Waals surface area contributed by atoms with Gasteiger partial charge in [-0.15, -0.1) is 0 Å². The largest absolute Gasteiger partial charge is 0.397 e. The second-order valence-electron chi connectivity index (χ2n) is 29.7. The molecule has 14 bridgehead atoms. The predicted octanol–water partition coefficient (Wildman–Crippen LogP) is -10.1. The van der Waals surface area contributed by atoms with Gasteiger partial charge in [-0.2, -0.15) is 75.8 Å². The maximum atomic E-state index is 13.3. The van der Waals surface area contributed by atoms with Crippen LogP contribution in [0.4, 0.5) is 0 Å². The summed E-state index contributed by atoms with van der Waals surface area (Å²) in [7, 11) is -53.8. The minimum absolute atomic E-state index is 0.0696. The second kappa shape index (κ2) is 45.4. The Labute approximate surface area is 759 Å². The van der Waals surface area contributed by atoms with Crippen molar-refractivity contribution in [3.05, 3.63) is 108 Å². The normalized spacial score (nSPS) is 37.9. The number of benzene rings is 3. The van der Waals surface area contributed by atoms with E-state index in [1.807, 2.05) is 0 Å². The minimum atomic E-state index is -6.46. The molecule has 766 valence electrons. The number of rotatable bonds is 34. The van der Waals surface area contributed by atoms with Gasteiger partial charge in [0.05, 0.1) is 66.1 Å². The average Bonchev–Trinajstić information content (AvgIpc) is 0.765. The van der Waals surface area contributed by atoms with E-state index < -0.39 is 375 Å². The Balaban J connectivity index is 1.12. The topological polar surface area (TPSA) is 911 Å². The SMILES string of the molecule is O=S(=O)(O)OC[C@H]1OC2OC3[C@H](O)C(O)C(OC4[C@@H](O)[C@@H](OCc5ccccc5)C(OC5[C@@H](COS(=O)(=O)O)OC(OC6[C@@H](COS(=O)(=O)O)OC(OC7[C@@H](COS(=O)(=O)O)O[C@H](OC8[C@H](O)C(O)C(OC1[C@H](O)C2O)O[C@@H]8COS(=O)(=O)O)[C@H](OS(=O)(=O)O)[C@H]7OS(=O)(=O)O)[C@H](OCc1ccccc1)[C@H]6O)[C@H](OCc1ccccc1)[C@H]5O)O[C@@H]4COS(=O)(=O)O)O[C@@H]3COS(=O)(=O)O. The maximum absolute atomic E-state index is 13.3. The van der Waals surface area contributed by atoms with Crippen LogP contribution in [0.5, 0.6) is 0 Å². The quantitative estimate of drug-likeness (QED) is 0.0247. The minimum Gasteiger partial charge on any atom is -0.387 e. The standard InChI is InChI=1S/C63H88O62S9/c64-36-39(67)57-110-29(19-103-126(73,74)75)45(36)118-58-41(69)38(66)47(31(112-58)21-105-128(79,80)81)120-63-56(125-134(97,98)99)55(124-133(94,95)96)51(35(116-63)25-109-132(91,92)93)123-62-54(102-18-28-14-8-3-9-15-28)44(72)50(34(115-62)24-108-131(88,89)90)122-61-53(101-17-27-12-6-2-7-13-27)43(71)49(33(114-61)23-107-130(85,86)87)121-60-52(100-16-26-10-4-1-5-11-26)42(70)48(32(113-60)22-106-129(82,83)84)119-59-40(68)37(65)46(117-57)30(111-59)20-104-127(76,77)78/h1-15,29-72H,16-25H2,(H,73,74,75)(H,76,77,78)(H,79,80,81)(H,82,83,84)(H,85,86,87)(H,88,89,90)(H,91,92,93)(H,94,95,96)(H,97,98,99)/t29-,30-,31-,32-,33-,34-,35-,36-,37-,38-,39?,40?,41?,42-,43+,44+,45?,46?,47?,48?,49?,50?,51?,52-,53-,54-,55+,56-,57?,58?,59?,60?,61?,62?,63-/m1/s1. The summed E-state index contributed by atoms with van der Waals surface area (Å²) in [4.78, 5) is 0. The van der Waals surface area contributed by atoms with Crippen LogP contribution in [0, 0.1) is 0 Å². The highest BCUT2D eigenvalue weighted by Crippen LogP contribution is 2.43. The smallest absolute Gasteiger partial charge is 0.387 e. The van der Waals surface area contributed by atoms with Crippen molar-refractivity contribution in [2.45, 2.75) is 235 Å². The maximum Gasteiger partial charge on any atom is 0.397 e. The van der Waals surface area contributed by atoms with Gasteiger partial charge < -0.3 is 126 Å². The molecule has 3 aromatic carbocycles. The van der Waals surface area contributed by atoms with Crippen LogP contribution >= 0.6 is 0 Å². The predicted molar refractivity (Wildman–Crippen MR) is 409 cm³/mol. The van der Waals surface area contributed by atoms with Crippen LogP contribution in [-0.2, 0) is 232 Å². The number of hydrogen-bond acceptors (Lipinski definition) is 53. The molecule has 21 fully saturated rings. The first-order valence-electron chi connectivity index (χ1n) is 38.1. The Morgan fingerprint density at radius 3 is 0.597 bits per heavy atom. The van der Waals surface area contributed by atoms with Crippen molar-refractivity contribution >= 4 is 93.6 Å². The fourth-order valence-corrected chi connectivity index (χ4v) is 17.8. The Hall–Kier alpha value is -4.55. The monoisotopic (exact) mass is 2120 g/mol. The molecule has 71 heteroatoms. The molecule has 35 atom stereocenters. The summed E-state index contributed by atoms with van der Waals surface area (Å²) in [5.74, 6) is 0. The van der Waals surface area contributed by atoms with Crippen LogP contribution in [0.3, 0.4) is 0 Å². The van der Waals surface area contributed by atoms with E-state index in [0.717, 1.165) is 0 Å². The fourth-order valence-electron chi connectivity index (χ4n) is 14.6. The summed E-state index contributed by atoms with van der Waals surface area (Å²) in [6.45, 7) is -14.8. The van der Waals surface area contributed by atoms with Crippen molar-refractivity contribution in [1.82, 2.24) is 0 Å². The van der Waals surface area contributed by atoms with Gasteiger partial charge in [-0.05, 0) is 16.7 Å². The fraction of sp³-hybridized carbons (Fsp3) is 0.714. The Morgan fingerprint density at radius 2 is 0.381 bits per heavy atom. The van der Waals surface area contributed by atoms with Crippen molar-refractivity contribution in [2.24, 2.45) is 0 Å². The van der Waals surface area contributed by atoms with E-state index in [2.05, 4.69) is 25.1 Å². The van der Waals surface area contributed by atoms with Gasteiger partial charge in [-0.1, -0.05) is 91.0 Å². The van der Waals surface area contributed by atoms with E-state index in [1.54, 1.807) is 0 Å². The first-order valence-corrected chi connectivity index (χ1v) is 50.4. The van der Waals surface area contributed by atoms with Gasteiger partial charge in [0.25, 0.3) is 0 Å². The molecular weight excluding hydrogens is 2040 g/mol. The van der Waals surface area contributed by atoms with Crippen molar-refractivity contribution < 1.29 is 281 Å². The highest BCUT2D eigenvalue weighted by atomic mass is 32.3. The van der Waals surface area contributed by atoms with Gasteiger partial charge in [0.15, 0.2) is 50.1 Å². The Morgan fingerprint density at radius 1 is 0.201 bits per heavy atom. The lowest BCUT2D eigenvalue weighted by Crippen LogP contribution is -2.69. The third-order valence-electron chi connectivity index (χ3n) is 20.4. The van der Waals surface area contributed by atoms with Gasteiger partial charge in [0.2, 0.25) is 0 Å². The zero-order valence-corrected chi connectivity index (χ0v) is 74.5. The molecule has 0 radical (unpaired) electrons. The van der Waals surface area contributed by atoms with E-state index >= 15 is 0 Å².